The highest BCUT2D eigenvalue weighted by Gasteiger charge is 1.95. The highest BCUT2D eigenvalue weighted by molar-refractivity contribution is 5.46. The Labute approximate surface area is 101 Å². The van der Waals surface area contributed by atoms with E-state index in [4.69, 9.17) is 11.5 Å². The number of nitrogens with two attached hydrogens (primary N) is 2. The summed E-state index contributed by atoms with van der Waals surface area (Å²) in [5.74, 6) is 0. The molecular formula is C14H17N3. The van der Waals surface area contributed by atoms with Crippen LogP contribution in [0.4, 0.5) is 11.4 Å². The van der Waals surface area contributed by atoms with Gasteiger partial charge in [-0.1, -0.05) is 24.3 Å². The van der Waals surface area contributed by atoms with Crippen LogP contribution in [0.3, 0.4) is 0 Å². The van der Waals surface area contributed by atoms with Crippen LogP contribution >= 0.6 is 0 Å². The van der Waals surface area contributed by atoms with E-state index >= 15 is 0 Å². The first-order valence-corrected chi connectivity index (χ1v) is 5.65. The fourth-order valence-corrected chi connectivity index (χ4v) is 1.67. The molecule has 0 bridgehead atoms. The predicted molar refractivity (Wildman–Crippen MR) is 72.5 cm³/mol. The Kier molecular flexibility index (Phi) is 3.62. The van der Waals surface area contributed by atoms with Crippen LogP contribution in [0.2, 0.25) is 0 Å². The van der Waals surface area contributed by atoms with Gasteiger partial charge in [-0.15, -0.1) is 0 Å². The van der Waals surface area contributed by atoms with Gasteiger partial charge >= 0.3 is 0 Å². The smallest absolute Gasteiger partial charge is 0.0401 e. The zero-order valence-electron chi connectivity index (χ0n) is 9.69. The molecule has 0 aliphatic rings. The lowest BCUT2D eigenvalue weighted by molar-refractivity contribution is 1.07. The minimum Gasteiger partial charge on any atom is -0.399 e. The van der Waals surface area contributed by atoms with Crippen LogP contribution in [0.25, 0.3) is 0 Å². The van der Waals surface area contributed by atoms with Crippen molar-refractivity contribution >= 4 is 11.4 Å². The van der Waals surface area contributed by atoms with Crippen LogP contribution in [0, 0.1) is 0 Å². The monoisotopic (exact) mass is 227 g/mol. The van der Waals surface area contributed by atoms with E-state index in [1.165, 1.54) is 5.56 Å². The number of anilines is 2. The molecule has 0 aliphatic heterocycles. The molecule has 0 heterocycles. The van der Waals surface area contributed by atoms with E-state index in [9.17, 15) is 0 Å². The average Bonchev–Trinajstić information content (AvgIpc) is 2.37. The van der Waals surface area contributed by atoms with Gasteiger partial charge in [0, 0.05) is 24.5 Å². The summed E-state index contributed by atoms with van der Waals surface area (Å²) in [6, 6.07) is 16.0. The summed E-state index contributed by atoms with van der Waals surface area (Å²) in [4.78, 5) is 0. The molecule has 0 radical (unpaired) electrons. The molecular weight excluding hydrogens is 210 g/mol. The molecule has 0 atom stereocenters. The molecule has 3 nitrogen and oxygen atoms in total. The molecule has 88 valence electrons. The van der Waals surface area contributed by atoms with Crippen molar-refractivity contribution < 1.29 is 0 Å². The van der Waals surface area contributed by atoms with Gasteiger partial charge in [-0.05, 0) is 35.4 Å². The van der Waals surface area contributed by atoms with Crippen molar-refractivity contribution in [2.75, 3.05) is 11.1 Å². The van der Waals surface area contributed by atoms with Gasteiger partial charge in [0.05, 0.1) is 0 Å². The third-order valence-electron chi connectivity index (χ3n) is 2.64. The Bertz CT molecular complexity index is 477. The Hall–Kier alpha value is -2.00. The Morgan fingerprint density at radius 3 is 2.35 bits per heavy atom. The lowest BCUT2D eigenvalue weighted by atomic mass is 10.2. The average molecular weight is 227 g/mol. The maximum Gasteiger partial charge on any atom is 0.0401 e. The lowest BCUT2D eigenvalue weighted by Crippen LogP contribution is -2.01. The number of benzene rings is 2. The summed E-state index contributed by atoms with van der Waals surface area (Å²) in [5.41, 5.74) is 15.5. The first-order valence-electron chi connectivity index (χ1n) is 5.65. The molecule has 0 spiro atoms. The second-order valence-electron chi connectivity index (χ2n) is 4.00. The van der Waals surface area contributed by atoms with Crippen LogP contribution in [-0.2, 0) is 13.1 Å². The fourth-order valence-electron chi connectivity index (χ4n) is 1.67. The summed E-state index contributed by atoms with van der Waals surface area (Å²) in [6.07, 6.45) is 0. The first kappa shape index (κ1) is 11.5. The molecule has 3 heteroatoms. The molecule has 0 unspecified atom stereocenters. The third kappa shape index (κ3) is 3.23. The van der Waals surface area contributed by atoms with E-state index in [-0.39, 0.29) is 0 Å². The molecule has 2 aromatic rings. The molecule has 5 N–H and O–H groups in total. The van der Waals surface area contributed by atoms with Gasteiger partial charge in [-0.25, -0.2) is 0 Å². The van der Waals surface area contributed by atoms with Gasteiger partial charge in [-0.3, -0.25) is 0 Å². The van der Waals surface area contributed by atoms with Gasteiger partial charge in [0.1, 0.15) is 0 Å². The molecule has 0 aromatic heterocycles. The molecule has 0 saturated carbocycles. The van der Waals surface area contributed by atoms with Crippen molar-refractivity contribution in [1.29, 1.82) is 0 Å². The number of rotatable bonds is 4. The van der Waals surface area contributed by atoms with Crippen LogP contribution in [0.1, 0.15) is 11.1 Å². The summed E-state index contributed by atoms with van der Waals surface area (Å²) < 4.78 is 0. The quantitative estimate of drug-likeness (QED) is 0.702. The molecule has 2 aromatic carbocycles. The standard InChI is InChI=1S/C14H17N3/c15-9-11-4-6-14(7-5-11)17-10-12-2-1-3-13(16)8-12/h1-8,17H,9-10,15-16H2. The second kappa shape index (κ2) is 5.37. The molecule has 17 heavy (non-hydrogen) atoms. The van der Waals surface area contributed by atoms with Crippen molar-refractivity contribution in [1.82, 2.24) is 0 Å². The Morgan fingerprint density at radius 2 is 1.71 bits per heavy atom. The maximum absolute atomic E-state index is 5.72. The Morgan fingerprint density at radius 1 is 0.941 bits per heavy atom. The number of nitrogens with one attached hydrogen (secondary N) is 1. The van der Waals surface area contributed by atoms with E-state index in [2.05, 4.69) is 11.4 Å². The first-order chi connectivity index (χ1) is 8.28. The molecule has 0 aliphatic carbocycles. The predicted octanol–water partition coefficient (Wildman–Crippen LogP) is 2.34. The van der Waals surface area contributed by atoms with Gasteiger partial charge in [-0.2, -0.15) is 0 Å². The van der Waals surface area contributed by atoms with E-state index in [0.29, 0.717) is 6.54 Å². The SMILES string of the molecule is NCc1ccc(NCc2cccc(N)c2)cc1. The van der Waals surface area contributed by atoms with Crippen LogP contribution in [-0.4, -0.2) is 0 Å². The summed E-state index contributed by atoms with van der Waals surface area (Å²) in [6.45, 7) is 1.35. The minimum atomic E-state index is 0.579. The van der Waals surface area contributed by atoms with Crippen molar-refractivity contribution in [2.45, 2.75) is 13.1 Å². The van der Waals surface area contributed by atoms with Gasteiger partial charge in [0.25, 0.3) is 0 Å². The molecule has 2 rings (SSSR count). The topological polar surface area (TPSA) is 64.1 Å². The summed E-state index contributed by atoms with van der Waals surface area (Å²) >= 11 is 0. The van der Waals surface area contributed by atoms with Crippen molar-refractivity contribution in [3.8, 4) is 0 Å². The Balaban J connectivity index is 1.97. The van der Waals surface area contributed by atoms with Crippen LogP contribution in [0.5, 0.6) is 0 Å². The third-order valence-corrected chi connectivity index (χ3v) is 2.64. The maximum atomic E-state index is 5.72. The minimum absolute atomic E-state index is 0.579. The van der Waals surface area contributed by atoms with Crippen LogP contribution < -0.4 is 16.8 Å². The second-order valence-corrected chi connectivity index (χ2v) is 4.00. The zero-order valence-corrected chi connectivity index (χ0v) is 9.69. The molecule has 0 fully saturated rings. The highest BCUT2D eigenvalue weighted by Crippen LogP contribution is 2.12. The zero-order chi connectivity index (χ0) is 12.1. The highest BCUT2D eigenvalue weighted by atomic mass is 14.9. The van der Waals surface area contributed by atoms with E-state index in [1.54, 1.807) is 0 Å². The summed E-state index contributed by atoms with van der Waals surface area (Å²) in [7, 11) is 0. The number of hydrogen-bond donors (Lipinski definition) is 3. The fraction of sp³-hybridized carbons (Fsp3) is 0.143. The lowest BCUT2D eigenvalue weighted by Gasteiger charge is -2.07. The number of hydrogen-bond acceptors (Lipinski definition) is 3. The van der Waals surface area contributed by atoms with Crippen molar-refractivity contribution in [2.24, 2.45) is 5.73 Å². The largest absolute Gasteiger partial charge is 0.399 e. The van der Waals surface area contributed by atoms with Crippen molar-refractivity contribution in [3.63, 3.8) is 0 Å². The van der Waals surface area contributed by atoms with E-state index in [0.717, 1.165) is 23.5 Å². The van der Waals surface area contributed by atoms with Gasteiger partial charge < -0.3 is 16.8 Å². The summed E-state index contributed by atoms with van der Waals surface area (Å²) in [5, 5.41) is 3.34. The number of nitrogen functional groups attached to an aromatic ring is 1. The van der Waals surface area contributed by atoms with E-state index in [1.807, 2.05) is 42.5 Å². The molecule has 0 saturated heterocycles. The normalized spacial score (nSPS) is 10.2. The van der Waals surface area contributed by atoms with Gasteiger partial charge in [0.2, 0.25) is 0 Å². The van der Waals surface area contributed by atoms with E-state index < -0.39 is 0 Å². The van der Waals surface area contributed by atoms with Gasteiger partial charge in [0.15, 0.2) is 0 Å². The van der Waals surface area contributed by atoms with Crippen molar-refractivity contribution in [3.05, 3.63) is 59.7 Å². The van der Waals surface area contributed by atoms with Crippen LogP contribution in [0.15, 0.2) is 48.5 Å². The molecule has 0 amide bonds.